The Balaban J connectivity index is 2.80. The summed E-state index contributed by atoms with van der Waals surface area (Å²) in [7, 11) is 0. The maximum absolute atomic E-state index is 11.7. The van der Waals surface area contributed by atoms with Gasteiger partial charge in [-0.2, -0.15) is 11.8 Å². The minimum Gasteiger partial charge on any atom is -0.462 e. The Morgan fingerprint density at radius 2 is 2.26 bits per heavy atom. The Morgan fingerprint density at radius 1 is 1.53 bits per heavy atom. The highest BCUT2D eigenvalue weighted by Gasteiger charge is 2.15. The number of halogens is 1. The van der Waals surface area contributed by atoms with Crippen LogP contribution in [0.25, 0.3) is 0 Å². The summed E-state index contributed by atoms with van der Waals surface area (Å²) in [6.07, 6.45) is 2.61. The molecule has 1 unspecified atom stereocenters. The van der Waals surface area contributed by atoms with Crippen molar-refractivity contribution in [3.05, 3.63) is 23.3 Å². The Kier molecular flexibility index (Phi) is 7.16. The van der Waals surface area contributed by atoms with Crippen LogP contribution < -0.4 is 0 Å². The highest BCUT2D eigenvalue weighted by Crippen LogP contribution is 2.19. The van der Waals surface area contributed by atoms with E-state index in [1.54, 1.807) is 18.7 Å². The molecule has 1 aromatic heterocycles. The van der Waals surface area contributed by atoms with E-state index in [0.717, 1.165) is 12.2 Å². The molecule has 0 aliphatic carbocycles. The van der Waals surface area contributed by atoms with Gasteiger partial charge in [0.1, 0.15) is 11.4 Å². The molecule has 0 saturated carbocycles. The monoisotopic (exact) mass is 302 g/mol. The molecule has 6 heteroatoms. The summed E-state index contributed by atoms with van der Waals surface area (Å²) in [5.41, 5.74) is 0.893. The molecule has 0 fully saturated rings. The number of rotatable bonds is 7. The molecule has 0 aliphatic heterocycles. The van der Waals surface area contributed by atoms with E-state index in [1.165, 1.54) is 6.20 Å². The zero-order valence-electron chi connectivity index (χ0n) is 11.5. The number of aromatic nitrogens is 2. The van der Waals surface area contributed by atoms with Crippen molar-refractivity contribution in [2.75, 3.05) is 6.61 Å². The fraction of sp³-hybridized carbons (Fsp3) is 0.615. The van der Waals surface area contributed by atoms with Gasteiger partial charge in [0.2, 0.25) is 0 Å². The lowest BCUT2D eigenvalue weighted by molar-refractivity contribution is 0.0524. The van der Waals surface area contributed by atoms with Gasteiger partial charge in [-0.25, -0.2) is 14.8 Å². The van der Waals surface area contributed by atoms with Gasteiger partial charge in [-0.15, -0.1) is 11.6 Å². The molecule has 0 spiro atoms. The number of hydrogen-bond acceptors (Lipinski definition) is 5. The molecular formula is C13H19ClN2O2S. The molecule has 0 radical (unpaired) electrons. The van der Waals surface area contributed by atoms with Crippen LogP contribution in [0.4, 0.5) is 0 Å². The first-order valence-electron chi connectivity index (χ1n) is 6.31. The van der Waals surface area contributed by atoms with Gasteiger partial charge in [0.25, 0.3) is 0 Å². The predicted molar refractivity (Wildman–Crippen MR) is 78.6 cm³/mol. The third-order valence-corrected chi connectivity index (χ3v) is 4.19. The number of carbonyl (C=O) groups excluding carboxylic acids is 1. The predicted octanol–water partition coefficient (Wildman–Crippen LogP) is 3.42. The number of esters is 1. The maximum Gasteiger partial charge on any atom is 0.341 e. The number of thioether (sulfide) groups is 1. The van der Waals surface area contributed by atoms with Crippen molar-refractivity contribution in [1.82, 2.24) is 9.97 Å². The SMILES string of the molecule is CCOC(=O)c1cnc(CSC(C)CC)nc1CCl. The minimum absolute atomic E-state index is 0.178. The van der Waals surface area contributed by atoms with Crippen LogP contribution in [0.5, 0.6) is 0 Å². The molecule has 0 aromatic carbocycles. The first kappa shape index (κ1) is 16.2. The van der Waals surface area contributed by atoms with Crippen LogP contribution >= 0.6 is 23.4 Å². The van der Waals surface area contributed by atoms with Crippen molar-refractivity contribution in [3.63, 3.8) is 0 Å². The second-order valence-electron chi connectivity index (χ2n) is 4.03. The Labute approximate surface area is 123 Å². The van der Waals surface area contributed by atoms with E-state index in [9.17, 15) is 4.79 Å². The average Bonchev–Trinajstić information content (AvgIpc) is 2.44. The van der Waals surface area contributed by atoms with E-state index in [1.807, 2.05) is 0 Å². The van der Waals surface area contributed by atoms with Crippen molar-refractivity contribution >= 4 is 29.3 Å². The quantitative estimate of drug-likeness (QED) is 0.570. The minimum atomic E-state index is -0.417. The van der Waals surface area contributed by atoms with Crippen LogP contribution in [0.1, 0.15) is 49.1 Å². The summed E-state index contributed by atoms with van der Waals surface area (Å²) in [4.78, 5) is 20.2. The summed E-state index contributed by atoms with van der Waals surface area (Å²) >= 11 is 7.62. The highest BCUT2D eigenvalue weighted by molar-refractivity contribution is 7.99. The third kappa shape index (κ3) is 4.99. The van der Waals surface area contributed by atoms with Gasteiger partial charge in [0.15, 0.2) is 0 Å². The van der Waals surface area contributed by atoms with E-state index in [-0.39, 0.29) is 5.88 Å². The number of ether oxygens (including phenoxy) is 1. The molecule has 1 aromatic rings. The summed E-state index contributed by atoms with van der Waals surface area (Å²) in [5.74, 6) is 1.19. The second-order valence-corrected chi connectivity index (χ2v) is 5.72. The number of alkyl halides is 1. The van der Waals surface area contributed by atoms with Crippen molar-refractivity contribution in [3.8, 4) is 0 Å². The third-order valence-electron chi connectivity index (χ3n) is 2.61. The average molecular weight is 303 g/mol. The van der Waals surface area contributed by atoms with Gasteiger partial charge >= 0.3 is 5.97 Å². The molecule has 1 rings (SSSR count). The zero-order chi connectivity index (χ0) is 14.3. The molecule has 1 heterocycles. The van der Waals surface area contributed by atoms with E-state index < -0.39 is 5.97 Å². The number of nitrogens with zero attached hydrogens (tertiary/aromatic N) is 2. The molecule has 106 valence electrons. The van der Waals surface area contributed by atoms with E-state index >= 15 is 0 Å². The van der Waals surface area contributed by atoms with Gasteiger partial charge in [-0.05, 0) is 13.3 Å². The summed E-state index contributed by atoms with van der Waals surface area (Å²) in [5, 5.41) is 0.563. The van der Waals surface area contributed by atoms with Gasteiger partial charge in [-0.3, -0.25) is 0 Å². The summed E-state index contributed by atoms with van der Waals surface area (Å²) in [6, 6.07) is 0. The standard InChI is InChI=1S/C13H19ClN2O2S/c1-4-9(3)19-8-12-15-7-10(11(6-14)16-12)13(17)18-5-2/h7,9H,4-6,8H2,1-3H3. The molecule has 0 aliphatic rings. The molecule has 0 amide bonds. The maximum atomic E-state index is 11.7. The van der Waals surface area contributed by atoms with E-state index in [0.29, 0.717) is 28.9 Å². The molecule has 19 heavy (non-hydrogen) atoms. The number of hydrogen-bond donors (Lipinski definition) is 0. The molecular weight excluding hydrogens is 284 g/mol. The lowest BCUT2D eigenvalue weighted by Crippen LogP contribution is -2.11. The lowest BCUT2D eigenvalue weighted by atomic mass is 10.2. The fourth-order valence-electron chi connectivity index (χ4n) is 1.34. The molecule has 4 nitrogen and oxygen atoms in total. The largest absolute Gasteiger partial charge is 0.462 e. The zero-order valence-corrected chi connectivity index (χ0v) is 13.1. The fourth-order valence-corrected chi connectivity index (χ4v) is 2.36. The first-order valence-corrected chi connectivity index (χ1v) is 7.90. The van der Waals surface area contributed by atoms with Crippen LogP contribution in [0.15, 0.2) is 6.20 Å². The Bertz CT molecular complexity index is 429. The Hall–Kier alpha value is -0.810. The lowest BCUT2D eigenvalue weighted by Gasteiger charge is -2.09. The van der Waals surface area contributed by atoms with E-state index in [2.05, 4.69) is 23.8 Å². The first-order chi connectivity index (χ1) is 9.12. The Morgan fingerprint density at radius 3 is 2.84 bits per heavy atom. The smallest absolute Gasteiger partial charge is 0.341 e. The highest BCUT2D eigenvalue weighted by atomic mass is 35.5. The van der Waals surface area contributed by atoms with E-state index in [4.69, 9.17) is 16.3 Å². The molecule has 0 bridgehead atoms. The van der Waals surface area contributed by atoms with Gasteiger partial charge in [0.05, 0.1) is 23.9 Å². The van der Waals surface area contributed by atoms with Crippen LogP contribution in [0, 0.1) is 0 Å². The summed E-state index contributed by atoms with van der Waals surface area (Å²) < 4.78 is 4.94. The van der Waals surface area contributed by atoms with Crippen LogP contribution in [0.3, 0.4) is 0 Å². The molecule has 0 saturated heterocycles. The van der Waals surface area contributed by atoms with Crippen molar-refractivity contribution in [2.24, 2.45) is 0 Å². The summed E-state index contributed by atoms with van der Waals surface area (Å²) in [6.45, 7) is 6.40. The molecule has 0 N–H and O–H groups in total. The van der Waals surface area contributed by atoms with Crippen LogP contribution in [0.2, 0.25) is 0 Å². The van der Waals surface area contributed by atoms with Gasteiger partial charge < -0.3 is 4.74 Å². The van der Waals surface area contributed by atoms with Crippen molar-refractivity contribution in [2.45, 2.75) is 44.1 Å². The molecule has 1 atom stereocenters. The normalized spacial score (nSPS) is 12.2. The van der Waals surface area contributed by atoms with Crippen LogP contribution in [-0.2, 0) is 16.4 Å². The van der Waals surface area contributed by atoms with Crippen molar-refractivity contribution < 1.29 is 9.53 Å². The number of carbonyl (C=O) groups is 1. The second kappa shape index (κ2) is 8.38. The van der Waals surface area contributed by atoms with Crippen molar-refractivity contribution in [1.29, 1.82) is 0 Å². The topological polar surface area (TPSA) is 52.1 Å². The van der Waals surface area contributed by atoms with Crippen LogP contribution in [-0.4, -0.2) is 27.8 Å². The van der Waals surface area contributed by atoms with Gasteiger partial charge in [-0.1, -0.05) is 13.8 Å². The van der Waals surface area contributed by atoms with Gasteiger partial charge in [0, 0.05) is 11.4 Å².